The molecule has 0 bridgehead atoms. The number of thiophene rings is 1. The lowest BCUT2D eigenvalue weighted by Gasteiger charge is -2.25. The van der Waals surface area contributed by atoms with Crippen LogP contribution in [0, 0.1) is 0 Å². The van der Waals surface area contributed by atoms with Crippen molar-refractivity contribution in [1.82, 2.24) is 14.8 Å². The lowest BCUT2D eigenvalue weighted by molar-refractivity contribution is 0.191. The van der Waals surface area contributed by atoms with E-state index in [0.29, 0.717) is 6.54 Å². The maximum absolute atomic E-state index is 12.7. The lowest BCUT2D eigenvalue weighted by atomic mass is 10.1. The van der Waals surface area contributed by atoms with Crippen molar-refractivity contribution in [3.05, 3.63) is 59.2 Å². The van der Waals surface area contributed by atoms with Crippen molar-refractivity contribution in [2.24, 2.45) is 7.05 Å². The Kier molecular flexibility index (Phi) is 4.49. The van der Waals surface area contributed by atoms with Gasteiger partial charge in [-0.2, -0.15) is 0 Å². The Labute approximate surface area is 152 Å². The number of carbonyl (C=O) groups is 1. The summed E-state index contributed by atoms with van der Waals surface area (Å²) in [7, 11) is 2.05. The van der Waals surface area contributed by atoms with Gasteiger partial charge in [-0.25, -0.2) is 4.79 Å². The SMILES string of the molecule is Cn1cccc1C1CCCN1C(=O)NCCc1csc2ccccc12. The van der Waals surface area contributed by atoms with Crippen LogP contribution in [-0.4, -0.2) is 28.6 Å². The summed E-state index contributed by atoms with van der Waals surface area (Å²) in [5.74, 6) is 0. The second-order valence-corrected chi connectivity index (χ2v) is 7.55. The van der Waals surface area contributed by atoms with Crippen molar-refractivity contribution < 1.29 is 4.79 Å². The molecule has 1 fully saturated rings. The molecule has 3 aromatic rings. The Bertz CT molecular complexity index is 882. The van der Waals surface area contributed by atoms with Crippen LogP contribution in [0.3, 0.4) is 0 Å². The van der Waals surface area contributed by atoms with Crippen LogP contribution in [0.1, 0.15) is 30.1 Å². The molecule has 1 atom stereocenters. The summed E-state index contributed by atoms with van der Waals surface area (Å²) in [4.78, 5) is 14.6. The van der Waals surface area contributed by atoms with Gasteiger partial charge >= 0.3 is 6.03 Å². The minimum atomic E-state index is 0.0586. The molecule has 5 heteroatoms. The van der Waals surface area contributed by atoms with Crippen molar-refractivity contribution in [2.45, 2.75) is 25.3 Å². The number of aryl methyl sites for hydroxylation is 1. The quantitative estimate of drug-likeness (QED) is 0.745. The molecule has 4 nitrogen and oxygen atoms in total. The highest BCUT2D eigenvalue weighted by Gasteiger charge is 2.31. The molecule has 1 aliphatic heterocycles. The highest BCUT2D eigenvalue weighted by Crippen LogP contribution is 2.31. The van der Waals surface area contributed by atoms with E-state index in [-0.39, 0.29) is 12.1 Å². The molecule has 2 amide bonds. The number of benzene rings is 1. The molecule has 4 rings (SSSR count). The van der Waals surface area contributed by atoms with Crippen LogP contribution >= 0.6 is 11.3 Å². The summed E-state index contributed by atoms with van der Waals surface area (Å²) < 4.78 is 3.43. The van der Waals surface area contributed by atoms with Crippen LogP contribution in [0.15, 0.2) is 48.0 Å². The number of urea groups is 1. The molecule has 2 aromatic heterocycles. The summed E-state index contributed by atoms with van der Waals surface area (Å²) in [5.41, 5.74) is 2.54. The van der Waals surface area contributed by atoms with Gasteiger partial charge < -0.3 is 14.8 Å². The molecule has 1 N–H and O–H groups in total. The topological polar surface area (TPSA) is 37.3 Å². The molecule has 1 aromatic carbocycles. The number of hydrogen-bond acceptors (Lipinski definition) is 2. The summed E-state index contributed by atoms with van der Waals surface area (Å²) in [6.07, 6.45) is 5.03. The normalized spacial score (nSPS) is 17.3. The number of carbonyl (C=O) groups excluding carboxylic acids is 1. The Morgan fingerprint density at radius 3 is 3.00 bits per heavy atom. The third-order valence-corrected chi connectivity index (χ3v) is 6.08. The summed E-state index contributed by atoms with van der Waals surface area (Å²) >= 11 is 1.77. The first kappa shape index (κ1) is 16.2. The van der Waals surface area contributed by atoms with Crippen molar-refractivity contribution in [3.8, 4) is 0 Å². The fourth-order valence-electron chi connectivity index (χ4n) is 3.77. The van der Waals surface area contributed by atoms with Crippen molar-refractivity contribution in [3.63, 3.8) is 0 Å². The van der Waals surface area contributed by atoms with Gasteiger partial charge in [-0.05, 0) is 53.8 Å². The summed E-state index contributed by atoms with van der Waals surface area (Å²) in [6, 6.07) is 12.9. The maximum Gasteiger partial charge on any atom is 0.317 e. The van der Waals surface area contributed by atoms with E-state index in [9.17, 15) is 4.79 Å². The van der Waals surface area contributed by atoms with Crippen molar-refractivity contribution in [1.29, 1.82) is 0 Å². The van der Waals surface area contributed by atoms with Gasteiger partial charge in [0.05, 0.1) is 6.04 Å². The Balaban J connectivity index is 1.38. The van der Waals surface area contributed by atoms with E-state index < -0.39 is 0 Å². The van der Waals surface area contributed by atoms with Gasteiger partial charge in [0.15, 0.2) is 0 Å². The van der Waals surface area contributed by atoms with Crippen LogP contribution in [0.25, 0.3) is 10.1 Å². The minimum absolute atomic E-state index is 0.0586. The fraction of sp³-hybridized carbons (Fsp3) is 0.350. The van der Waals surface area contributed by atoms with Crippen LogP contribution in [0.5, 0.6) is 0 Å². The second kappa shape index (κ2) is 6.92. The molecule has 0 radical (unpaired) electrons. The Hall–Kier alpha value is -2.27. The zero-order valence-corrected chi connectivity index (χ0v) is 15.3. The van der Waals surface area contributed by atoms with Gasteiger partial charge in [0.2, 0.25) is 0 Å². The van der Waals surface area contributed by atoms with Crippen LogP contribution in [-0.2, 0) is 13.5 Å². The van der Waals surface area contributed by atoms with Crippen LogP contribution in [0.2, 0.25) is 0 Å². The Morgan fingerprint density at radius 2 is 2.16 bits per heavy atom. The van der Waals surface area contributed by atoms with Gasteiger partial charge in [0.1, 0.15) is 0 Å². The molecule has 1 aliphatic rings. The van der Waals surface area contributed by atoms with E-state index in [1.54, 1.807) is 11.3 Å². The standard InChI is InChI=1S/C20H23N3OS/c1-22-12-4-7-17(22)18-8-5-13-23(18)20(24)21-11-10-15-14-25-19-9-3-2-6-16(15)19/h2-4,6-7,9,12,14,18H,5,8,10-11,13H2,1H3,(H,21,24). The number of amides is 2. The van der Waals surface area contributed by atoms with Crippen molar-refractivity contribution in [2.75, 3.05) is 13.1 Å². The summed E-state index contributed by atoms with van der Waals surface area (Å²) in [6.45, 7) is 1.51. The number of aromatic nitrogens is 1. The van der Waals surface area contributed by atoms with E-state index in [2.05, 4.69) is 45.6 Å². The van der Waals surface area contributed by atoms with Gasteiger partial charge in [-0.15, -0.1) is 11.3 Å². The number of nitrogens with zero attached hydrogens (tertiary/aromatic N) is 2. The maximum atomic E-state index is 12.7. The average molecular weight is 353 g/mol. The highest BCUT2D eigenvalue weighted by molar-refractivity contribution is 7.17. The molecule has 0 aliphatic carbocycles. The molecule has 1 unspecified atom stereocenters. The number of fused-ring (bicyclic) bond motifs is 1. The minimum Gasteiger partial charge on any atom is -0.353 e. The molecule has 1 saturated heterocycles. The third kappa shape index (κ3) is 3.16. The van der Waals surface area contributed by atoms with E-state index in [4.69, 9.17) is 0 Å². The number of nitrogens with one attached hydrogen (secondary N) is 1. The largest absolute Gasteiger partial charge is 0.353 e. The van der Waals surface area contributed by atoms with E-state index in [0.717, 1.165) is 25.8 Å². The smallest absolute Gasteiger partial charge is 0.317 e. The zero-order valence-electron chi connectivity index (χ0n) is 14.4. The molecule has 0 saturated carbocycles. The summed E-state index contributed by atoms with van der Waals surface area (Å²) in [5, 5.41) is 6.64. The number of hydrogen-bond donors (Lipinski definition) is 1. The first-order valence-electron chi connectivity index (χ1n) is 8.85. The van der Waals surface area contributed by atoms with Gasteiger partial charge in [-0.3, -0.25) is 0 Å². The second-order valence-electron chi connectivity index (χ2n) is 6.63. The lowest BCUT2D eigenvalue weighted by Crippen LogP contribution is -2.40. The van der Waals surface area contributed by atoms with Crippen molar-refractivity contribution >= 4 is 27.5 Å². The number of likely N-dealkylation sites (tertiary alicyclic amines) is 1. The predicted octanol–water partition coefficient (Wildman–Crippen LogP) is 4.33. The molecular weight excluding hydrogens is 330 g/mol. The number of rotatable bonds is 4. The van der Waals surface area contributed by atoms with Gasteiger partial charge in [0.25, 0.3) is 0 Å². The first-order valence-corrected chi connectivity index (χ1v) is 9.73. The Morgan fingerprint density at radius 1 is 1.28 bits per heavy atom. The molecule has 0 spiro atoms. The predicted molar refractivity (Wildman–Crippen MR) is 103 cm³/mol. The van der Waals surface area contributed by atoms with E-state index in [1.165, 1.54) is 21.3 Å². The van der Waals surface area contributed by atoms with Gasteiger partial charge in [0, 0.05) is 36.7 Å². The first-order chi connectivity index (χ1) is 12.2. The highest BCUT2D eigenvalue weighted by atomic mass is 32.1. The zero-order chi connectivity index (χ0) is 17.2. The molecule has 25 heavy (non-hydrogen) atoms. The average Bonchev–Trinajstić information content (AvgIpc) is 3.34. The molecule has 3 heterocycles. The molecule has 130 valence electrons. The van der Waals surface area contributed by atoms with Gasteiger partial charge in [-0.1, -0.05) is 18.2 Å². The van der Waals surface area contributed by atoms with E-state index in [1.807, 2.05) is 24.2 Å². The van der Waals surface area contributed by atoms with Crippen LogP contribution < -0.4 is 5.32 Å². The fourth-order valence-corrected chi connectivity index (χ4v) is 4.77. The van der Waals surface area contributed by atoms with E-state index >= 15 is 0 Å². The monoisotopic (exact) mass is 353 g/mol. The third-order valence-electron chi connectivity index (χ3n) is 5.07. The van der Waals surface area contributed by atoms with Crippen LogP contribution in [0.4, 0.5) is 4.79 Å². The molecular formula is C20H23N3OS.